The predicted octanol–water partition coefficient (Wildman–Crippen LogP) is -49.5. The van der Waals surface area contributed by atoms with Gasteiger partial charge in [-0.3, -0.25) is 0 Å². The van der Waals surface area contributed by atoms with Crippen molar-refractivity contribution in [1.82, 2.24) is 0 Å². The van der Waals surface area contributed by atoms with E-state index in [2.05, 4.69) is 0 Å². The van der Waals surface area contributed by atoms with Gasteiger partial charge in [0.1, 0.15) is 0 Å². The summed E-state index contributed by atoms with van der Waals surface area (Å²) in [4.78, 5) is 0. The third kappa shape index (κ3) is 171. The summed E-state index contributed by atoms with van der Waals surface area (Å²) in [6.45, 7) is 1.91. The van der Waals surface area contributed by atoms with Gasteiger partial charge in [0.2, 0.25) is 0 Å². The Balaban J connectivity index is -0.000000000703. The Kier molecular flexibility index (Phi) is 5290. The average Bonchev–Trinajstić information content (AvgIpc) is 2.18. The summed E-state index contributed by atoms with van der Waals surface area (Å²) in [5.74, 6) is 0. The second-order valence-electron chi connectivity index (χ2n) is 3.35. The molecule has 0 unspecified atom stereocenters. The molecule has 0 radical (unpaired) electrons. The van der Waals surface area contributed by atoms with E-state index >= 15 is 0 Å². The van der Waals surface area contributed by atoms with Gasteiger partial charge in [0.25, 0.3) is 0 Å². The lowest BCUT2D eigenvalue weighted by molar-refractivity contribution is 0.534. The first-order chi connectivity index (χ1) is 4.56. The van der Waals surface area contributed by atoms with Crippen LogP contribution >= 0.6 is 7.12 Å². The van der Waals surface area contributed by atoms with Crippen LogP contribution in [0.4, 0.5) is 0 Å². The highest BCUT2D eigenvalue weighted by molar-refractivity contribution is 8.51. The Morgan fingerprint density at radius 3 is 0.377 bits per heavy atom. The van der Waals surface area contributed by atoms with Gasteiger partial charge in [0.15, 0.2) is 9.46 Å². The molecule has 2 aliphatic heterocycles. The minimum Gasteiger partial charge on any atom is -0.224 e. The monoisotopic (exact) mass is 781 g/mol. The molecule has 0 saturated carbocycles. The van der Waals surface area contributed by atoms with Crippen molar-refractivity contribution in [1.29, 1.82) is 0 Å². The quantitative estimate of drug-likeness (QED) is 0.181. The summed E-state index contributed by atoms with van der Waals surface area (Å²) in [7, 11) is -3.22. The molecule has 2 rings (SSSR count). The van der Waals surface area contributed by atoms with E-state index in [4.69, 9.17) is 0 Å². The van der Waals surface area contributed by atoms with E-state index in [9.17, 15) is 8.42 Å². The molecule has 0 N–H and O–H groups in total. The lowest BCUT2D eigenvalue weighted by atomic mass is 10.1. The highest BCUT2D eigenvalue weighted by atomic mass is 32.8. The Morgan fingerprint density at radius 2 is 0.358 bits per heavy atom. The van der Waals surface area contributed by atoms with E-state index < -0.39 is 16.6 Å². The van der Waals surface area contributed by atoms with E-state index in [1.54, 1.807) is 0 Å². The topological polar surface area (TPSA) is 34.1 Å². The molecule has 2 bridgehead atoms. The van der Waals surface area contributed by atoms with Crippen molar-refractivity contribution in [3.8, 4) is 0 Å². The summed E-state index contributed by atoms with van der Waals surface area (Å²) < 4.78 is 22.7. The van der Waals surface area contributed by atoms with E-state index in [0.717, 1.165) is 25.2 Å². The minimum atomic E-state index is -2.63. The molecular formula is C6H140B43O2PS. The van der Waals surface area contributed by atoms with E-state index in [1.807, 2.05) is 6.92 Å². The number of fused-ring (bicyclic) bond motifs is 2. The minimum absolute atomic E-state index is 0. The summed E-state index contributed by atoms with van der Waals surface area (Å²) in [6, 6.07) is 0. The number of hydrogen-bond donors (Lipinski definition) is 0. The highest BCUT2D eigenvalue weighted by Gasteiger charge is 2.55. The Morgan fingerprint density at radius 1 is 0.264 bits per heavy atom. The molecular weight excluding hydrogens is 632 g/mol. The van der Waals surface area contributed by atoms with E-state index in [-0.39, 0.29) is 367 Å². The fourth-order valence-electron chi connectivity index (χ4n) is 1.77. The lowest BCUT2D eigenvalue weighted by Crippen LogP contribution is -2.25. The molecule has 2 nitrogen and oxygen atoms in total. The molecule has 2 aliphatic rings. The SMILES string of the molecule is B.B.B.B.B.B.B.B.B.B.B.B.B.B.B.B.B.B.B.B.B.B.B.B.B.B.B.B.B.B.B.B.B.B.B.B.B.B.B.B.B.B.B.CC12CCP(CC1)S2(=O)=O. The second-order valence-corrected chi connectivity index (χ2v) is 10.1. The van der Waals surface area contributed by atoms with E-state index in [1.165, 1.54) is 0 Å². The van der Waals surface area contributed by atoms with Crippen LogP contribution in [0.5, 0.6) is 0 Å². The van der Waals surface area contributed by atoms with Crippen molar-refractivity contribution in [2.45, 2.75) is 24.5 Å². The number of hydrogen-bond acceptors (Lipinski definition) is 2. The van der Waals surface area contributed by atoms with Gasteiger partial charge in [-0.1, -0.05) is 0 Å². The van der Waals surface area contributed by atoms with Gasteiger partial charge in [-0.15, -0.1) is 0 Å². The molecule has 0 amide bonds. The summed E-state index contributed by atoms with van der Waals surface area (Å²) >= 11 is 0. The number of rotatable bonds is 0. The standard InChI is InChI=1S/C6H11O2PS.43BH3/c1-6-2-4-9(5-3-6)10(6,7)8;;;;;;;;;;;;;;;;;;;;;;;;;;;;;;;;;;;;;;;;;;;/h2-5H2,1H3;43*1H3. The van der Waals surface area contributed by atoms with Crippen LogP contribution in [0.15, 0.2) is 0 Å². The van der Waals surface area contributed by atoms with Crippen LogP contribution in [-0.2, 0) is 9.46 Å². The summed E-state index contributed by atoms with van der Waals surface area (Å²) in [5.41, 5.74) is 0. The molecule has 0 atom stereocenters. The average molecular weight is 773 g/mol. The highest BCUT2D eigenvalue weighted by Crippen LogP contribution is 2.65. The molecule has 316 valence electrons. The third-order valence-corrected chi connectivity index (χ3v) is 11.0. The van der Waals surface area contributed by atoms with Gasteiger partial charge < -0.3 is 0 Å². The molecule has 0 aromatic heterocycles. The molecule has 2 heterocycles. The molecule has 0 aliphatic carbocycles. The zero-order chi connectivity index (χ0) is 7.41. The van der Waals surface area contributed by atoms with Crippen LogP contribution in [0, 0.1) is 0 Å². The maximum atomic E-state index is 11.5. The van der Waals surface area contributed by atoms with Gasteiger partial charge in [-0.05, 0) is 32.1 Å². The maximum absolute atomic E-state index is 11.5. The van der Waals surface area contributed by atoms with Gasteiger partial charge in [0.05, 0.1) is 367 Å². The fourth-order valence-corrected chi connectivity index (χ4v) is 10.0. The summed E-state index contributed by atoms with van der Waals surface area (Å²) in [5, 5.41) is 0. The van der Waals surface area contributed by atoms with Crippen molar-refractivity contribution >= 4 is 378 Å². The van der Waals surface area contributed by atoms with Crippen LogP contribution in [0.1, 0.15) is 19.8 Å². The Hall–Kier alpha value is 3.17. The third-order valence-electron chi connectivity index (χ3n) is 2.74. The molecule has 2 fully saturated rings. The first kappa shape index (κ1) is 851. The zero-order valence-corrected chi connectivity index (χ0v) is 7.71. The lowest BCUT2D eigenvalue weighted by Gasteiger charge is -2.16. The van der Waals surface area contributed by atoms with Crippen LogP contribution in [0.3, 0.4) is 0 Å². The van der Waals surface area contributed by atoms with Crippen molar-refractivity contribution in [3.05, 3.63) is 0 Å². The molecule has 2 saturated heterocycles. The zero-order valence-electron chi connectivity index (χ0n) is 6.00. The van der Waals surface area contributed by atoms with Gasteiger partial charge in [-0.2, -0.15) is 0 Å². The smallest absolute Gasteiger partial charge is 0.172 e. The summed E-state index contributed by atoms with van der Waals surface area (Å²) in [6.07, 6.45) is 3.82. The van der Waals surface area contributed by atoms with Crippen molar-refractivity contribution in [3.63, 3.8) is 0 Å². The van der Waals surface area contributed by atoms with Gasteiger partial charge in [0, 0.05) is 7.12 Å². The predicted molar refractivity (Wildman–Crippen MR) is 471 cm³/mol. The fraction of sp³-hybridized carbons (Fsp3) is 1.00. The maximum Gasteiger partial charge on any atom is 0.172 e. The van der Waals surface area contributed by atoms with E-state index in [0.29, 0.717) is 0 Å². The van der Waals surface area contributed by atoms with Crippen LogP contribution in [0.2, 0.25) is 0 Å². The van der Waals surface area contributed by atoms with Gasteiger partial charge in [-0.25, -0.2) is 8.42 Å². The Bertz CT molecular complexity index is 286. The first-order valence-corrected chi connectivity index (χ1v) is 7.36. The molecule has 0 spiro atoms. The van der Waals surface area contributed by atoms with Crippen LogP contribution in [0.25, 0.3) is 0 Å². The van der Waals surface area contributed by atoms with Crippen LogP contribution < -0.4 is 0 Å². The largest absolute Gasteiger partial charge is 0.224 e. The molecule has 0 aromatic rings. The molecule has 53 heavy (non-hydrogen) atoms. The van der Waals surface area contributed by atoms with Crippen molar-refractivity contribution < 1.29 is 8.42 Å². The van der Waals surface area contributed by atoms with Gasteiger partial charge >= 0.3 is 0 Å². The molecule has 47 heteroatoms. The van der Waals surface area contributed by atoms with Crippen molar-refractivity contribution in [2.75, 3.05) is 12.3 Å². The second kappa shape index (κ2) is 329. The Labute approximate surface area is 420 Å². The first-order valence-electron chi connectivity index (χ1n) is 3.56. The van der Waals surface area contributed by atoms with Crippen molar-refractivity contribution in [2.24, 2.45) is 0 Å². The molecule has 0 aromatic carbocycles. The van der Waals surface area contributed by atoms with Crippen LogP contribution in [-0.4, -0.2) is 387 Å². The normalized spacial score (nSPS) is 9.42.